The third-order valence-corrected chi connectivity index (χ3v) is 2.77. The Bertz CT molecular complexity index is 483. The Hall–Kier alpha value is -1.59. The van der Waals surface area contributed by atoms with Crippen LogP contribution in [0.4, 0.5) is 0 Å². The van der Waals surface area contributed by atoms with E-state index in [9.17, 15) is 9.00 Å². The van der Waals surface area contributed by atoms with E-state index in [-0.39, 0.29) is 10.6 Å². The molecular weight excluding hydrogens is 226 g/mol. The van der Waals surface area contributed by atoms with Crippen LogP contribution in [0.1, 0.15) is 6.92 Å². The van der Waals surface area contributed by atoms with Crippen LogP contribution in [0.3, 0.4) is 0 Å². The number of carbonyl (C=O) groups excluding carboxylic acids is 1. The molecule has 4 nitrogen and oxygen atoms in total. The third-order valence-electron chi connectivity index (χ3n) is 2.06. The van der Waals surface area contributed by atoms with Gasteiger partial charge in [0.25, 0.3) is 0 Å². The Balaban J connectivity index is 3.49. The van der Waals surface area contributed by atoms with E-state index in [0.29, 0.717) is 11.1 Å². The number of nitrogens with one attached hydrogen (secondary N) is 1. The van der Waals surface area contributed by atoms with E-state index < -0.39 is 16.9 Å². The first-order valence-electron chi connectivity index (χ1n) is 4.48. The molecule has 0 saturated heterocycles. The number of rotatable bonds is 3. The summed E-state index contributed by atoms with van der Waals surface area (Å²) in [6.45, 7) is 5.26. The molecule has 0 fully saturated rings. The van der Waals surface area contributed by atoms with Crippen molar-refractivity contribution in [1.82, 2.24) is 0 Å². The van der Waals surface area contributed by atoms with Gasteiger partial charge in [0.2, 0.25) is 5.78 Å². The summed E-state index contributed by atoms with van der Waals surface area (Å²) in [6, 6.07) is 0. The van der Waals surface area contributed by atoms with Crippen molar-refractivity contribution in [2.75, 3.05) is 0 Å². The fourth-order valence-corrected chi connectivity index (χ4v) is 1.95. The van der Waals surface area contributed by atoms with E-state index in [0.717, 1.165) is 6.08 Å². The summed E-state index contributed by atoms with van der Waals surface area (Å²) < 4.78 is 20.1. The zero-order valence-electron chi connectivity index (χ0n) is 8.69. The number of carbonyl (C=O) groups is 1. The monoisotopic (exact) mass is 237 g/mol. The van der Waals surface area contributed by atoms with E-state index in [4.69, 9.17) is 9.96 Å². The van der Waals surface area contributed by atoms with E-state index in [2.05, 4.69) is 6.58 Å². The van der Waals surface area contributed by atoms with Gasteiger partial charge in [0.1, 0.15) is 5.71 Å². The summed E-state index contributed by atoms with van der Waals surface area (Å²) >= 11 is -2.26. The van der Waals surface area contributed by atoms with Crippen LogP contribution in [0.15, 0.2) is 46.9 Å². The van der Waals surface area contributed by atoms with Crippen molar-refractivity contribution in [2.24, 2.45) is 0 Å². The standard InChI is InChI=1S/C11H11NO3S/c1-3-5-8-7(4-2)10(16(14)15)6-9(13)11(8)12/h3-6,12H,2H2,1H3,(H,14,15)/b5-3-,12-11?. The molecule has 1 aliphatic carbocycles. The van der Waals surface area contributed by atoms with Crippen molar-refractivity contribution >= 4 is 22.6 Å². The van der Waals surface area contributed by atoms with Gasteiger partial charge in [-0.3, -0.25) is 10.2 Å². The van der Waals surface area contributed by atoms with Crippen LogP contribution in [0.25, 0.3) is 0 Å². The first-order chi connectivity index (χ1) is 7.52. The molecule has 0 heterocycles. The molecule has 0 saturated carbocycles. The molecule has 1 unspecified atom stereocenters. The molecule has 16 heavy (non-hydrogen) atoms. The average Bonchev–Trinajstić information content (AvgIpc) is 2.24. The minimum absolute atomic E-state index is 0.0101. The van der Waals surface area contributed by atoms with E-state index in [1.807, 2.05) is 0 Å². The summed E-state index contributed by atoms with van der Waals surface area (Å²) in [5.41, 5.74) is 0.480. The van der Waals surface area contributed by atoms with Crippen molar-refractivity contribution in [3.8, 4) is 0 Å². The number of ketones is 1. The quantitative estimate of drug-likeness (QED) is 0.580. The van der Waals surface area contributed by atoms with Gasteiger partial charge in [-0.1, -0.05) is 24.8 Å². The van der Waals surface area contributed by atoms with Gasteiger partial charge in [-0.25, -0.2) is 4.21 Å². The fraction of sp³-hybridized carbons (Fsp3) is 0.0909. The lowest BCUT2D eigenvalue weighted by Gasteiger charge is -2.15. The van der Waals surface area contributed by atoms with Gasteiger partial charge < -0.3 is 4.55 Å². The Kier molecular flexibility index (Phi) is 3.87. The van der Waals surface area contributed by atoms with Crippen LogP contribution in [-0.4, -0.2) is 20.3 Å². The molecule has 0 aliphatic heterocycles. The second-order valence-corrected chi connectivity index (χ2v) is 3.97. The zero-order valence-corrected chi connectivity index (χ0v) is 9.50. The summed E-state index contributed by atoms with van der Waals surface area (Å²) in [5, 5.41) is 7.59. The number of allylic oxidation sites excluding steroid dienone is 6. The van der Waals surface area contributed by atoms with Crippen molar-refractivity contribution in [2.45, 2.75) is 6.92 Å². The maximum Gasteiger partial charge on any atom is 0.205 e. The molecular formula is C11H11NO3S. The second kappa shape index (κ2) is 4.96. The first-order valence-corrected chi connectivity index (χ1v) is 5.59. The molecule has 1 atom stereocenters. The predicted molar refractivity (Wildman–Crippen MR) is 63.6 cm³/mol. The van der Waals surface area contributed by atoms with Crippen LogP contribution >= 0.6 is 0 Å². The average molecular weight is 237 g/mol. The van der Waals surface area contributed by atoms with Crippen molar-refractivity contribution in [1.29, 1.82) is 5.41 Å². The Labute approximate surface area is 95.8 Å². The van der Waals surface area contributed by atoms with Crippen LogP contribution in [-0.2, 0) is 15.9 Å². The van der Waals surface area contributed by atoms with Crippen molar-refractivity contribution in [3.05, 3.63) is 46.9 Å². The SMILES string of the molecule is C=CC1=C(/C=C\C)C(=N)C(=O)C=C1S(=O)O. The molecule has 0 aromatic rings. The molecule has 5 heteroatoms. The molecule has 0 aromatic carbocycles. The second-order valence-electron chi connectivity index (χ2n) is 3.03. The third kappa shape index (κ3) is 2.15. The molecule has 0 amide bonds. The summed E-state index contributed by atoms with van der Waals surface area (Å²) in [7, 11) is 0. The topological polar surface area (TPSA) is 78.2 Å². The van der Waals surface area contributed by atoms with Gasteiger partial charge in [-0.2, -0.15) is 0 Å². The Morgan fingerprint density at radius 2 is 2.12 bits per heavy atom. The highest BCUT2D eigenvalue weighted by molar-refractivity contribution is 7.83. The zero-order chi connectivity index (χ0) is 12.3. The lowest BCUT2D eigenvalue weighted by Crippen LogP contribution is -2.20. The van der Waals surface area contributed by atoms with Crippen molar-refractivity contribution < 1.29 is 13.6 Å². The lowest BCUT2D eigenvalue weighted by molar-refractivity contribution is -0.108. The van der Waals surface area contributed by atoms with E-state index in [1.165, 1.54) is 6.08 Å². The lowest BCUT2D eigenvalue weighted by atomic mass is 9.94. The van der Waals surface area contributed by atoms with Gasteiger partial charge >= 0.3 is 0 Å². The molecule has 1 rings (SSSR count). The molecule has 1 aliphatic rings. The summed E-state index contributed by atoms with van der Waals surface area (Å²) in [5.74, 6) is -0.573. The number of hydrogen-bond donors (Lipinski definition) is 2. The first kappa shape index (κ1) is 12.5. The molecule has 2 N–H and O–H groups in total. The van der Waals surface area contributed by atoms with E-state index in [1.54, 1.807) is 19.1 Å². The van der Waals surface area contributed by atoms with Gasteiger partial charge in [0, 0.05) is 17.2 Å². The molecule has 0 radical (unpaired) electrons. The van der Waals surface area contributed by atoms with E-state index >= 15 is 0 Å². The smallest absolute Gasteiger partial charge is 0.205 e. The summed E-state index contributed by atoms with van der Waals surface area (Å²) in [4.78, 5) is 11.4. The normalized spacial score (nSPS) is 19.0. The van der Waals surface area contributed by atoms with Gasteiger partial charge in [-0.15, -0.1) is 0 Å². The van der Waals surface area contributed by atoms with Gasteiger partial charge in [-0.05, 0) is 6.92 Å². The molecule has 0 aromatic heterocycles. The maximum absolute atomic E-state index is 11.4. The summed E-state index contributed by atoms with van der Waals surface area (Å²) in [6.07, 6.45) is 5.58. The van der Waals surface area contributed by atoms with Crippen LogP contribution in [0.5, 0.6) is 0 Å². The minimum Gasteiger partial charge on any atom is -0.302 e. The molecule has 0 bridgehead atoms. The molecule has 84 valence electrons. The van der Waals surface area contributed by atoms with Gasteiger partial charge in [0.15, 0.2) is 11.1 Å². The highest BCUT2D eigenvalue weighted by Crippen LogP contribution is 2.25. The fourth-order valence-electron chi connectivity index (χ4n) is 1.36. The van der Waals surface area contributed by atoms with Crippen LogP contribution < -0.4 is 0 Å². The Morgan fingerprint density at radius 3 is 2.56 bits per heavy atom. The van der Waals surface area contributed by atoms with Crippen molar-refractivity contribution in [3.63, 3.8) is 0 Å². The highest BCUT2D eigenvalue weighted by Gasteiger charge is 2.25. The maximum atomic E-state index is 11.4. The van der Waals surface area contributed by atoms with Crippen LogP contribution in [0.2, 0.25) is 0 Å². The minimum atomic E-state index is -2.26. The van der Waals surface area contributed by atoms with Crippen LogP contribution in [0, 0.1) is 5.41 Å². The Morgan fingerprint density at radius 1 is 1.50 bits per heavy atom. The van der Waals surface area contributed by atoms with Gasteiger partial charge in [0.05, 0.1) is 4.91 Å². The molecule has 0 spiro atoms. The largest absolute Gasteiger partial charge is 0.302 e. The predicted octanol–water partition coefficient (Wildman–Crippen LogP) is 1.75. The highest BCUT2D eigenvalue weighted by atomic mass is 32.2. The number of hydrogen-bond acceptors (Lipinski definition) is 3.